The molecular formula is C13H28N2. The lowest BCUT2D eigenvalue weighted by Gasteiger charge is -2.27. The van der Waals surface area contributed by atoms with Gasteiger partial charge in [0, 0.05) is 12.1 Å². The minimum absolute atomic E-state index is 0.423. The molecule has 0 saturated carbocycles. The molecule has 2 N–H and O–H groups in total. The first-order valence-corrected chi connectivity index (χ1v) is 6.73. The monoisotopic (exact) mass is 212 g/mol. The number of rotatable bonds is 5. The summed E-state index contributed by atoms with van der Waals surface area (Å²) in [5, 5.41) is 0. The van der Waals surface area contributed by atoms with Crippen LogP contribution in [0.5, 0.6) is 0 Å². The second-order valence-corrected chi connectivity index (χ2v) is 5.04. The van der Waals surface area contributed by atoms with Gasteiger partial charge < -0.3 is 10.6 Å². The molecule has 0 aromatic carbocycles. The quantitative estimate of drug-likeness (QED) is 0.759. The van der Waals surface area contributed by atoms with E-state index in [0.717, 1.165) is 12.5 Å². The van der Waals surface area contributed by atoms with Gasteiger partial charge >= 0.3 is 0 Å². The molecule has 1 aliphatic rings. The van der Waals surface area contributed by atoms with Crippen LogP contribution < -0.4 is 5.73 Å². The summed E-state index contributed by atoms with van der Waals surface area (Å²) in [5.74, 6) is 0. The lowest BCUT2D eigenvalue weighted by Crippen LogP contribution is -2.34. The normalized spacial score (nSPS) is 26.2. The maximum atomic E-state index is 5.94. The highest BCUT2D eigenvalue weighted by Gasteiger charge is 2.16. The van der Waals surface area contributed by atoms with E-state index in [1.165, 1.54) is 51.6 Å². The van der Waals surface area contributed by atoms with Crippen LogP contribution in [-0.4, -0.2) is 30.1 Å². The van der Waals surface area contributed by atoms with Gasteiger partial charge in [-0.3, -0.25) is 0 Å². The largest absolute Gasteiger partial charge is 0.328 e. The summed E-state index contributed by atoms with van der Waals surface area (Å²) in [4.78, 5) is 2.66. The third-order valence-electron chi connectivity index (χ3n) is 3.74. The third-order valence-corrected chi connectivity index (χ3v) is 3.74. The highest BCUT2D eigenvalue weighted by atomic mass is 15.1. The predicted octanol–water partition coefficient (Wildman–Crippen LogP) is 2.77. The molecule has 90 valence electrons. The van der Waals surface area contributed by atoms with Crippen molar-refractivity contribution in [3.63, 3.8) is 0 Å². The van der Waals surface area contributed by atoms with Gasteiger partial charge in [0.05, 0.1) is 0 Å². The molecule has 0 aromatic heterocycles. The molecule has 0 bridgehead atoms. The van der Waals surface area contributed by atoms with Crippen molar-refractivity contribution in [3.8, 4) is 0 Å². The maximum absolute atomic E-state index is 5.94. The van der Waals surface area contributed by atoms with Gasteiger partial charge in [-0.25, -0.2) is 0 Å². The van der Waals surface area contributed by atoms with Crippen molar-refractivity contribution < 1.29 is 0 Å². The zero-order valence-corrected chi connectivity index (χ0v) is 10.5. The Bertz CT molecular complexity index is 159. The summed E-state index contributed by atoms with van der Waals surface area (Å²) in [6.45, 7) is 7.13. The summed E-state index contributed by atoms with van der Waals surface area (Å²) in [6.07, 6.45) is 9.22. The van der Waals surface area contributed by atoms with E-state index in [2.05, 4.69) is 18.7 Å². The Hall–Kier alpha value is -0.0800. The zero-order valence-electron chi connectivity index (χ0n) is 10.5. The molecule has 0 radical (unpaired) electrons. The smallest absolute Gasteiger partial charge is 0.00669 e. The van der Waals surface area contributed by atoms with Crippen LogP contribution >= 0.6 is 0 Å². The molecule has 1 fully saturated rings. The third kappa shape index (κ3) is 4.98. The van der Waals surface area contributed by atoms with Crippen LogP contribution in [0, 0.1) is 0 Å². The molecule has 1 rings (SSSR count). The van der Waals surface area contributed by atoms with Crippen LogP contribution in [0.3, 0.4) is 0 Å². The van der Waals surface area contributed by atoms with Gasteiger partial charge in [0.1, 0.15) is 0 Å². The molecule has 2 heteroatoms. The van der Waals surface area contributed by atoms with E-state index in [1.807, 2.05) is 0 Å². The summed E-state index contributed by atoms with van der Waals surface area (Å²) in [6, 6.07) is 1.22. The van der Waals surface area contributed by atoms with E-state index in [4.69, 9.17) is 5.73 Å². The van der Waals surface area contributed by atoms with Gasteiger partial charge in [0.25, 0.3) is 0 Å². The first-order chi connectivity index (χ1) is 7.24. The van der Waals surface area contributed by atoms with Gasteiger partial charge in [-0.1, -0.05) is 19.8 Å². The Morgan fingerprint density at radius 2 is 2.13 bits per heavy atom. The highest BCUT2D eigenvalue weighted by Crippen LogP contribution is 2.16. The van der Waals surface area contributed by atoms with Crippen LogP contribution in [0.25, 0.3) is 0 Å². The summed E-state index contributed by atoms with van der Waals surface area (Å²) in [7, 11) is 0. The van der Waals surface area contributed by atoms with E-state index < -0.39 is 0 Å². The van der Waals surface area contributed by atoms with Crippen molar-refractivity contribution >= 4 is 0 Å². The molecule has 0 amide bonds. The number of likely N-dealkylation sites (tertiary alicyclic amines) is 1. The molecule has 2 nitrogen and oxygen atoms in total. The Labute approximate surface area is 95.2 Å². The predicted molar refractivity (Wildman–Crippen MR) is 67.0 cm³/mol. The molecule has 15 heavy (non-hydrogen) atoms. The van der Waals surface area contributed by atoms with Crippen LogP contribution in [0.15, 0.2) is 0 Å². The lowest BCUT2D eigenvalue weighted by atomic mass is 10.1. The van der Waals surface area contributed by atoms with Crippen LogP contribution in [0.2, 0.25) is 0 Å². The molecule has 2 atom stereocenters. The van der Waals surface area contributed by atoms with Crippen molar-refractivity contribution in [1.29, 1.82) is 0 Å². The average molecular weight is 212 g/mol. The second-order valence-electron chi connectivity index (χ2n) is 5.04. The van der Waals surface area contributed by atoms with Crippen molar-refractivity contribution in [3.05, 3.63) is 0 Å². The Morgan fingerprint density at radius 3 is 2.87 bits per heavy atom. The van der Waals surface area contributed by atoms with Crippen LogP contribution in [0.4, 0.5) is 0 Å². The van der Waals surface area contributed by atoms with Crippen molar-refractivity contribution in [2.45, 2.75) is 70.9 Å². The molecule has 1 aliphatic heterocycles. The van der Waals surface area contributed by atoms with E-state index in [1.54, 1.807) is 0 Å². The fourth-order valence-corrected chi connectivity index (χ4v) is 2.43. The molecule has 2 unspecified atom stereocenters. The van der Waals surface area contributed by atoms with Gasteiger partial charge in [0.15, 0.2) is 0 Å². The van der Waals surface area contributed by atoms with Gasteiger partial charge in [0.2, 0.25) is 0 Å². The molecule has 1 heterocycles. The summed E-state index contributed by atoms with van der Waals surface area (Å²) >= 11 is 0. The number of hydrogen-bond acceptors (Lipinski definition) is 2. The van der Waals surface area contributed by atoms with Gasteiger partial charge in [-0.05, 0) is 52.1 Å². The number of nitrogens with two attached hydrogens (primary N) is 1. The maximum Gasteiger partial charge on any atom is 0.00669 e. The Kier molecular flexibility index (Phi) is 6.26. The summed E-state index contributed by atoms with van der Waals surface area (Å²) < 4.78 is 0. The molecule has 1 saturated heterocycles. The molecule has 0 spiro atoms. The van der Waals surface area contributed by atoms with Gasteiger partial charge in [-0.2, -0.15) is 0 Å². The fraction of sp³-hybridized carbons (Fsp3) is 1.00. The standard InChI is InChI=1S/C13H28N2/c1-3-13(14)9-7-11-15-10-6-4-5-8-12(15)2/h12-13H,3-11,14H2,1-2H3. The van der Waals surface area contributed by atoms with Crippen molar-refractivity contribution in [1.82, 2.24) is 4.90 Å². The highest BCUT2D eigenvalue weighted by molar-refractivity contribution is 4.72. The summed E-state index contributed by atoms with van der Waals surface area (Å²) in [5.41, 5.74) is 5.94. The average Bonchev–Trinajstić information content (AvgIpc) is 2.44. The van der Waals surface area contributed by atoms with Crippen LogP contribution in [0.1, 0.15) is 58.8 Å². The Balaban J connectivity index is 2.17. The van der Waals surface area contributed by atoms with E-state index >= 15 is 0 Å². The minimum atomic E-state index is 0.423. The SMILES string of the molecule is CCC(N)CCCN1CCCCCC1C. The van der Waals surface area contributed by atoms with Crippen molar-refractivity contribution in [2.75, 3.05) is 13.1 Å². The molecule has 0 aliphatic carbocycles. The lowest BCUT2D eigenvalue weighted by molar-refractivity contribution is 0.207. The van der Waals surface area contributed by atoms with Crippen LogP contribution in [-0.2, 0) is 0 Å². The minimum Gasteiger partial charge on any atom is -0.328 e. The number of nitrogens with zero attached hydrogens (tertiary/aromatic N) is 1. The number of hydrogen-bond donors (Lipinski definition) is 1. The Morgan fingerprint density at radius 1 is 1.33 bits per heavy atom. The molecular weight excluding hydrogens is 184 g/mol. The second kappa shape index (κ2) is 7.24. The van der Waals surface area contributed by atoms with E-state index in [0.29, 0.717) is 6.04 Å². The first kappa shape index (κ1) is 13.0. The zero-order chi connectivity index (χ0) is 11.1. The van der Waals surface area contributed by atoms with Crippen molar-refractivity contribution in [2.24, 2.45) is 5.73 Å². The fourth-order valence-electron chi connectivity index (χ4n) is 2.43. The first-order valence-electron chi connectivity index (χ1n) is 6.73. The van der Waals surface area contributed by atoms with Gasteiger partial charge in [-0.15, -0.1) is 0 Å². The topological polar surface area (TPSA) is 29.3 Å². The van der Waals surface area contributed by atoms with E-state index in [9.17, 15) is 0 Å². The molecule has 0 aromatic rings. The van der Waals surface area contributed by atoms with E-state index in [-0.39, 0.29) is 0 Å².